The van der Waals surface area contributed by atoms with Crippen LogP contribution in [0.4, 0.5) is 33.2 Å². The number of aryl methyl sites for hydroxylation is 1. The molecule has 26 heavy (non-hydrogen) atoms. The molecule has 140 valence electrons. The number of halogens is 4. The van der Waals surface area contributed by atoms with Crippen molar-refractivity contribution in [2.45, 2.75) is 13.1 Å². The van der Waals surface area contributed by atoms with Gasteiger partial charge in [-0.25, -0.2) is 9.18 Å². The number of nitrogens with one attached hydrogen (secondary N) is 1. The van der Waals surface area contributed by atoms with Crippen molar-refractivity contribution >= 4 is 28.2 Å². The molecule has 0 spiro atoms. The number of amides is 2. The van der Waals surface area contributed by atoms with Crippen molar-refractivity contribution in [1.29, 1.82) is 0 Å². The van der Waals surface area contributed by atoms with E-state index in [1.54, 1.807) is 17.9 Å². The summed E-state index contributed by atoms with van der Waals surface area (Å²) in [4.78, 5) is 15.5. The van der Waals surface area contributed by atoms with E-state index < -0.39 is 17.0 Å². The fourth-order valence-electron chi connectivity index (χ4n) is 2.48. The van der Waals surface area contributed by atoms with Gasteiger partial charge in [-0.3, -0.25) is 0 Å². The molecule has 2 heterocycles. The predicted octanol–water partition coefficient (Wildman–Crippen LogP) is 3.36. The summed E-state index contributed by atoms with van der Waals surface area (Å²) < 4.78 is 51.1. The van der Waals surface area contributed by atoms with Gasteiger partial charge in [0.1, 0.15) is 5.82 Å². The van der Waals surface area contributed by atoms with E-state index in [1.165, 1.54) is 17.0 Å². The summed E-state index contributed by atoms with van der Waals surface area (Å²) in [6.45, 7) is 3.03. The van der Waals surface area contributed by atoms with Crippen LogP contribution >= 0.6 is 11.3 Å². The van der Waals surface area contributed by atoms with Crippen LogP contribution in [0.2, 0.25) is 0 Å². The highest BCUT2D eigenvalue weighted by Crippen LogP contribution is 2.34. The minimum atomic E-state index is -4.51. The van der Waals surface area contributed by atoms with Gasteiger partial charge < -0.3 is 15.1 Å². The number of nitrogens with zero attached hydrogens (tertiary/aromatic N) is 4. The van der Waals surface area contributed by atoms with E-state index in [-0.39, 0.29) is 11.2 Å². The molecule has 1 aliphatic heterocycles. The molecule has 1 saturated heterocycles. The molecule has 0 saturated carbocycles. The molecular weight excluding hydrogens is 374 g/mol. The molecule has 1 aliphatic rings. The third-order valence-corrected chi connectivity index (χ3v) is 4.96. The third-order valence-electron chi connectivity index (χ3n) is 3.94. The van der Waals surface area contributed by atoms with E-state index in [2.05, 4.69) is 15.5 Å². The number of rotatable bonds is 2. The first-order valence-electron chi connectivity index (χ1n) is 7.72. The monoisotopic (exact) mass is 389 g/mol. The van der Waals surface area contributed by atoms with Crippen molar-refractivity contribution in [3.8, 4) is 0 Å². The Labute approximate surface area is 150 Å². The van der Waals surface area contributed by atoms with E-state index in [9.17, 15) is 22.4 Å². The van der Waals surface area contributed by atoms with Crippen LogP contribution in [0, 0.1) is 12.7 Å². The molecule has 0 aliphatic carbocycles. The largest absolute Gasteiger partial charge is 0.445 e. The maximum atomic E-state index is 13.3. The molecule has 0 unspecified atom stereocenters. The van der Waals surface area contributed by atoms with E-state index in [0.29, 0.717) is 43.2 Å². The Balaban J connectivity index is 1.59. The van der Waals surface area contributed by atoms with Crippen molar-refractivity contribution in [2.75, 3.05) is 36.4 Å². The van der Waals surface area contributed by atoms with Gasteiger partial charge in [0.15, 0.2) is 0 Å². The summed E-state index contributed by atoms with van der Waals surface area (Å²) in [5.41, 5.74) is 1.11. The second kappa shape index (κ2) is 7.06. The molecule has 0 atom stereocenters. The van der Waals surface area contributed by atoms with Crippen molar-refractivity contribution in [3.05, 3.63) is 34.6 Å². The normalized spacial score (nSPS) is 15.3. The molecule has 2 amide bonds. The van der Waals surface area contributed by atoms with Crippen molar-refractivity contribution in [1.82, 2.24) is 15.1 Å². The highest BCUT2D eigenvalue weighted by Gasteiger charge is 2.36. The second-order valence-corrected chi connectivity index (χ2v) is 6.71. The van der Waals surface area contributed by atoms with E-state index in [0.717, 1.165) is 5.56 Å². The van der Waals surface area contributed by atoms with Gasteiger partial charge in [0.2, 0.25) is 10.1 Å². The standard InChI is InChI=1S/C15H15F4N5OS/c1-9-2-3-10(16)8-11(9)20-13(25)23-4-6-24(7-5-23)14-22-21-12(26-14)15(17,18)19/h2-3,8H,4-7H2,1H3,(H,20,25). The van der Waals surface area contributed by atoms with Crippen LogP contribution in [-0.4, -0.2) is 47.3 Å². The van der Waals surface area contributed by atoms with Crippen LogP contribution in [0.5, 0.6) is 0 Å². The Hall–Kier alpha value is -2.43. The van der Waals surface area contributed by atoms with Crippen LogP contribution in [0.15, 0.2) is 18.2 Å². The molecule has 3 rings (SSSR count). The van der Waals surface area contributed by atoms with Crippen LogP contribution in [0.25, 0.3) is 0 Å². The molecule has 6 nitrogen and oxygen atoms in total. The summed E-state index contributed by atoms with van der Waals surface area (Å²) in [5.74, 6) is -0.451. The van der Waals surface area contributed by atoms with Gasteiger partial charge in [0, 0.05) is 31.9 Å². The summed E-state index contributed by atoms with van der Waals surface area (Å²) in [7, 11) is 0. The van der Waals surface area contributed by atoms with Crippen LogP contribution in [0.3, 0.4) is 0 Å². The Morgan fingerprint density at radius 3 is 2.50 bits per heavy atom. The molecule has 1 aromatic heterocycles. The first-order valence-corrected chi connectivity index (χ1v) is 8.53. The first kappa shape index (κ1) is 18.4. The maximum absolute atomic E-state index is 13.3. The minimum Gasteiger partial charge on any atom is -0.343 e. The van der Waals surface area contributed by atoms with Gasteiger partial charge in [-0.05, 0) is 24.6 Å². The molecule has 2 aromatic rings. The average Bonchev–Trinajstić information content (AvgIpc) is 3.09. The summed E-state index contributed by atoms with van der Waals surface area (Å²) >= 11 is 0.480. The Morgan fingerprint density at radius 1 is 1.19 bits per heavy atom. The number of carbonyl (C=O) groups excluding carboxylic acids is 1. The molecule has 11 heteroatoms. The smallest absolute Gasteiger partial charge is 0.343 e. The lowest BCUT2D eigenvalue weighted by Crippen LogP contribution is -2.50. The Morgan fingerprint density at radius 2 is 1.88 bits per heavy atom. The predicted molar refractivity (Wildman–Crippen MR) is 88.9 cm³/mol. The van der Waals surface area contributed by atoms with E-state index in [4.69, 9.17) is 0 Å². The number of hydrogen-bond acceptors (Lipinski definition) is 5. The lowest BCUT2D eigenvalue weighted by atomic mass is 10.2. The van der Waals surface area contributed by atoms with Crippen LogP contribution in [-0.2, 0) is 6.18 Å². The number of urea groups is 1. The van der Waals surface area contributed by atoms with Crippen molar-refractivity contribution in [3.63, 3.8) is 0 Å². The summed E-state index contributed by atoms with van der Waals surface area (Å²) in [5, 5.41) is 8.58. The van der Waals surface area contributed by atoms with Gasteiger partial charge in [-0.1, -0.05) is 17.4 Å². The van der Waals surface area contributed by atoms with Gasteiger partial charge >= 0.3 is 12.2 Å². The molecule has 0 radical (unpaired) electrons. The number of benzene rings is 1. The quantitative estimate of drug-likeness (QED) is 0.801. The third kappa shape index (κ3) is 4.03. The lowest BCUT2D eigenvalue weighted by Gasteiger charge is -2.34. The summed E-state index contributed by atoms with van der Waals surface area (Å²) in [6, 6.07) is 3.73. The highest BCUT2D eigenvalue weighted by molar-refractivity contribution is 7.15. The molecule has 1 N–H and O–H groups in total. The SMILES string of the molecule is Cc1ccc(F)cc1NC(=O)N1CCN(c2nnc(C(F)(F)F)s2)CC1. The first-order chi connectivity index (χ1) is 12.2. The van der Waals surface area contributed by atoms with Gasteiger partial charge in [-0.15, -0.1) is 10.2 Å². The van der Waals surface area contributed by atoms with Crippen molar-refractivity contribution in [2.24, 2.45) is 0 Å². The number of alkyl halides is 3. The Bertz CT molecular complexity index is 802. The zero-order valence-electron chi connectivity index (χ0n) is 13.7. The average molecular weight is 389 g/mol. The highest BCUT2D eigenvalue weighted by atomic mass is 32.1. The Kier molecular flexibility index (Phi) is 4.99. The number of anilines is 2. The van der Waals surface area contributed by atoms with Crippen LogP contribution < -0.4 is 10.2 Å². The van der Waals surface area contributed by atoms with E-state index >= 15 is 0 Å². The van der Waals surface area contributed by atoms with Gasteiger partial charge in [0.05, 0.1) is 0 Å². The van der Waals surface area contributed by atoms with Gasteiger partial charge in [-0.2, -0.15) is 13.2 Å². The minimum absolute atomic E-state index is 0.179. The number of hydrogen-bond donors (Lipinski definition) is 1. The second-order valence-electron chi connectivity index (χ2n) is 5.75. The van der Waals surface area contributed by atoms with Crippen molar-refractivity contribution < 1.29 is 22.4 Å². The number of aromatic nitrogens is 2. The van der Waals surface area contributed by atoms with Gasteiger partial charge in [0.25, 0.3) is 0 Å². The zero-order chi connectivity index (χ0) is 18.9. The molecule has 1 aromatic carbocycles. The molecule has 0 bridgehead atoms. The topological polar surface area (TPSA) is 61.4 Å². The maximum Gasteiger partial charge on any atom is 0.445 e. The fourth-order valence-corrected chi connectivity index (χ4v) is 3.25. The molecular formula is C15H15F4N5OS. The van der Waals surface area contributed by atoms with Crippen LogP contribution in [0.1, 0.15) is 10.6 Å². The zero-order valence-corrected chi connectivity index (χ0v) is 14.5. The fraction of sp³-hybridized carbons (Fsp3) is 0.400. The number of carbonyl (C=O) groups is 1. The number of piperazine rings is 1. The summed E-state index contributed by atoms with van der Waals surface area (Å²) in [6.07, 6.45) is -4.51. The molecule has 1 fully saturated rings. The van der Waals surface area contributed by atoms with E-state index in [1.807, 2.05) is 0 Å². The lowest BCUT2D eigenvalue weighted by molar-refractivity contribution is -0.138.